The van der Waals surface area contributed by atoms with Crippen LogP contribution < -0.4 is 5.32 Å². The van der Waals surface area contributed by atoms with Gasteiger partial charge in [0.15, 0.2) is 0 Å². The highest BCUT2D eigenvalue weighted by Gasteiger charge is 2.25. The number of carbonyl (C=O) groups excluding carboxylic acids is 2. The molecule has 0 spiro atoms. The van der Waals surface area contributed by atoms with Gasteiger partial charge < -0.3 is 10.1 Å². The summed E-state index contributed by atoms with van der Waals surface area (Å²) in [6.45, 7) is 6.89. The minimum atomic E-state index is -0.435. The van der Waals surface area contributed by atoms with E-state index in [2.05, 4.69) is 24.3 Å². The van der Waals surface area contributed by atoms with E-state index < -0.39 is 6.09 Å². The topological polar surface area (TPSA) is 76.5 Å². The average Bonchev–Trinajstić information content (AvgIpc) is 2.99. The van der Waals surface area contributed by atoms with Crippen LogP contribution in [0.2, 0.25) is 0 Å². The Labute approximate surface area is 124 Å². The smallest absolute Gasteiger partial charge is 0.410 e. The summed E-state index contributed by atoms with van der Waals surface area (Å²) in [6, 6.07) is 2.10. The van der Waals surface area contributed by atoms with Crippen LogP contribution in [0, 0.1) is 6.92 Å². The Bertz CT molecular complexity index is 522. The van der Waals surface area contributed by atoms with Crippen LogP contribution in [-0.4, -0.2) is 46.4 Å². The molecule has 0 aromatic carbocycles. The van der Waals surface area contributed by atoms with Crippen LogP contribution in [0.5, 0.6) is 0 Å². The molecule has 2 rings (SSSR count). The van der Waals surface area contributed by atoms with Crippen molar-refractivity contribution in [1.29, 1.82) is 0 Å². The maximum atomic E-state index is 12.1. The van der Waals surface area contributed by atoms with Crippen molar-refractivity contribution in [3.8, 4) is 0 Å². The van der Waals surface area contributed by atoms with E-state index in [1.807, 2.05) is 17.7 Å². The number of nitrogens with zero attached hydrogens (tertiary/aromatic N) is 3. The van der Waals surface area contributed by atoms with Crippen LogP contribution in [0.15, 0.2) is 6.07 Å². The molecule has 1 aromatic rings. The molecular formula is C14H22N4O3. The molecule has 2 heterocycles. The van der Waals surface area contributed by atoms with Crippen molar-refractivity contribution in [2.45, 2.75) is 39.7 Å². The van der Waals surface area contributed by atoms with Gasteiger partial charge in [-0.15, -0.1) is 0 Å². The number of anilines is 1. The number of hydrogen-bond acceptors (Lipinski definition) is 4. The average molecular weight is 294 g/mol. The maximum Gasteiger partial charge on any atom is 0.410 e. The molecule has 1 aliphatic heterocycles. The molecule has 116 valence electrons. The first-order valence-electron chi connectivity index (χ1n) is 7.32. The zero-order chi connectivity index (χ0) is 15.4. The fourth-order valence-corrected chi connectivity index (χ4v) is 2.45. The van der Waals surface area contributed by atoms with Gasteiger partial charge in [-0.1, -0.05) is 13.8 Å². The lowest BCUT2D eigenvalue weighted by Gasteiger charge is -2.18. The number of amides is 2. The van der Waals surface area contributed by atoms with Gasteiger partial charge in [0, 0.05) is 6.07 Å². The second-order valence-corrected chi connectivity index (χ2v) is 5.17. The first kappa shape index (κ1) is 15.3. The molecule has 0 bridgehead atoms. The molecule has 7 heteroatoms. The van der Waals surface area contributed by atoms with Gasteiger partial charge in [0.2, 0.25) is 5.91 Å². The molecule has 0 radical (unpaired) electrons. The fourth-order valence-electron chi connectivity index (χ4n) is 2.45. The van der Waals surface area contributed by atoms with Crippen LogP contribution in [-0.2, 0) is 9.53 Å². The van der Waals surface area contributed by atoms with E-state index in [0.717, 1.165) is 18.5 Å². The molecule has 0 saturated carbocycles. The summed E-state index contributed by atoms with van der Waals surface area (Å²) in [7, 11) is 0. The van der Waals surface area contributed by atoms with E-state index in [-0.39, 0.29) is 18.5 Å². The highest BCUT2D eigenvalue weighted by molar-refractivity contribution is 5.93. The van der Waals surface area contributed by atoms with Gasteiger partial charge in [-0.25, -0.2) is 9.48 Å². The Morgan fingerprint density at radius 1 is 1.48 bits per heavy atom. The van der Waals surface area contributed by atoms with E-state index in [1.54, 1.807) is 0 Å². The van der Waals surface area contributed by atoms with Crippen molar-refractivity contribution in [1.82, 2.24) is 14.7 Å². The van der Waals surface area contributed by atoms with Crippen LogP contribution in [0.3, 0.4) is 0 Å². The predicted molar refractivity (Wildman–Crippen MR) is 78.1 cm³/mol. The third-order valence-corrected chi connectivity index (χ3v) is 3.59. The molecule has 0 atom stereocenters. The van der Waals surface area contributed by atoms with Crippen molar-refractivity contribution in [3.63, 3.8) is 0 Å². The number of hydrogen-bond donors (Lipinski definition) is 1. The number of ether oxygens (including phenoxy) is 1. The standard InChI is InChI=1S/C14H22N4O3/c1-4-11(5-2)18-12(8-10(3)16-18)15-13(19)9-17-6-7-21-14(17)20/h8,11H,4-7,9H2,1-3H3,(H,15,19). The zero-order valence-electron chi connectivity index (χ0n) is 12.8. The molecule has 2 amide bonds. The maximum absolute atomic E-state index is 12.1. The first-order valence-corrected chi connectivity index (χ1v) is 7.32. The van der Waals surface area contributed by atoms with Gasteiger partial charge in [-0.3, -0.25) is 9.69 Å². The van der Waals surface area contributed by atoms with Crippen LogP contribution in [0.4, 0.5) is 10.6 Å². The van der Waals surface area contributed by atoms with Crippen LogP contribution >= 0.6 is 0 Å². The number of carbonyl (C=O) groups is 2. The molecular weight excluding hydrogens is 272 g/mol. The van der Waals surface area contributed by atoms with E-state index in [0.29, 0.717) is 19.0 Å². The van der Waals surface area contributed by atoms with Crippen molar-refractivity contribution in [3.05, 3.63) is 11.8 Å². The van der Waals surface area contributed by atoms with Crippen molar-refractivity contribution < 1.29 is 14.3 Å². The monoisotopic (exact) mass is 294 g/mol. The van der Waals surface area contributed by atoms with Crippen molar-refractivity contribution in [2.24, 2.45) is 0 Å². The number of cyclic esters (lactones) is 1. The van der Waals surface area contributed by atoms with Gasteiger partial charge in [0.1, 0.15) is 19.0 Å². The van der Waals surface area contributed by atoms with Gasteiger partial charge in [-0.2, -0.15) is 5.10 Å². The third-order valence-electron chi connectivity index (χ3n) is 3.59. The summed E-state index contributed by atoms with van der Waals surface area (Å²) in [5.41, 5.74) is 0.859. The molecule has 1 N–H and O–H groups in total. The number of aromatic nitrogens is 2. The van der Waals surface area contributed by atoms with E-state index in [9.17, 15) is 9.59 Å². The Balaban J connectivity index is 2.04. The molecule has 0 unspecified atom stereocenters. The minimum Gasteiger partial charge on any atom is -0.448 e. The summed E-state index contributed by atoms with van der Waals surface area (Å²) >= 11 is 0. The lowest BCUT2D eigenvalue weighted by Crippen LogP contribution is -2.34. The molecule has 1 fully saturated rings. The first-order chi connectivity index (χ1) is 10.0. The molecule has 0 aliphatic carbocycles. The summed E-state index contributed by atoms with van der Waals surface area (Å²) in [4.78, 5) is 24.8. The molecule has 1 aliphatic rings. The Hall–Kier alpha value is -2.05. The van der Waals surface area contributed by atoms with E-state index in [1.165, 1.54) is 4.90 Å². The Kier molecular flexibility index (Phi) is 4.82. The van der Waals surface area contributed by atoms with Crippen LogP contribution in [0.25, 0.3) is 0 Å². The second-order valence-electron chi connectivity index (χ2n) is 5.17. The van der Waals surface area contributed by atoms with Gasteiger partial charge >= 0.3 is 6.09 Å². The van der Waals surface area contributed by atoms with E-state index in [4.69, 9.17) is 4.74 Å². The van der Waals surface area contributed by atoms with E-state index >= 15 is 0 Å². The van der Waals surface area contributed by atoms with Gasteiger partial charge in [-0.05, 0) is 19.8 Å². The van der Waals surface area contributed by atoms with Crippen LogP contribution in [0.1, 0.15) is 38.4 Å². The summed E-state index contributed by atoms with van der Waals surface area (Å²) in [6.07, 6.45) is 1.45. The molecule has 1 saturated heterocycles. The third kappa shape index (κ3) is 3.53. The van der Waals surface area contributed by atoms with Gasteiger partial charge in [0.25, 0.3) is 0 Å². The summed E-state index contributed by atoms with van der Waals surface area (Å²) in [5.74, 6) is 0.444. The lowest BCUT2D eigenvalue weighted by atomic mass is 10.2. The van der Waals surface area contributed by atoms with Crippen molar-refractivity contribution >= 4 is 17.8 Å². The highest BCUT2D eigenvalue weighted by Crippen LogP contribution is 2.21. The normalized spacial score (nSPS) is 14.7. The SMILES string of the molecule is CCC(CC)n1nc(C)cc1NC(=O)CN1CCOC1=O. The largest absolute Gasteiger partial charge is 0.448 e. The van der Waals surface area contributed by atoms with Gasteiger partial charge in [0.05, 0.1) is 18.3 Å². The van der Waals surface area contributed by atoms with Crippen molar-refractivity contribution in [2.75, 3.05) is 25.0 Å². The minimum absolute atomic E-state index is 0.00593. The zero-order valence-corrected chi connectivity index (χ0v) is 12.8. The Morgan fingerprint density at radius 3 is 2.76 bits per heavy atom. The molecule has 7 nitrogen and oxygen atoms in total. The summed E-state index contributed by atoms with van der Waals surface area (Å²) < 4.78 is 6.66. The number of nitrogens with one attached hydrogen (secondary N) is 1. The lowest BCUT2D eigenvalue weighted by molar-refractivity contribution is -0.116. The number of aryl methyl sites for hydroxylation is 1. The summed E-state index contributed by atoms with van der Waals surface area (Å²) in [5, 5.41) is 7.29. The molecule has 1 aromatic heterocycles. The highest BCUT2D eigenvalue weighted by atomic mass is 16.6. The number of rotatable bonds is 6. The predicted octanol–water partition coefficient (Wildman–Crippen LogP) is 1.94. The Morgan fingerprint density at radius 2 is 2.19 bits per heavy atom. The fraction of sp³-hybridized carbons (Fsp3) is 0.643. The quantitative estimate of drug-likeness (QED) is 0.870. The second kappa shape index (κ2) is 6.60. The molecule has 21 heavy (non-hydrogen) atoms.